The summed E-state index contributed by atoms with van der Waals surface area (Å²) < 4.78 is 12.2. The summed E-state index contributed by atoms with van der Waals surface area (Å²) in [6, 6.07) is 25.4. The zero-order valence-electron chi connectivity index (χ0n) is 18.4. The number of para-hydroxylation sites is 1. The Balaban J connectivity index is 1.64. The largest absolute Gasteiger partial charge is 0.488 e. The van der Waals surface area contributed by atoms with Crippen molar-refractivity contribution in [3.8, 4) is 17.0 Å². The van der Waals surface area contributed by atoms with E-state index in [0.29, 0.717) is 28.4 Å². The number of benzene rings is 3. The normalized spacial score (nSPS) is 11.8. The summed E-state index contributed by atoms with van der Waals surface area (Å²) in [6.07, 6.45) is 0.612. The minimum atomic E-state index is -0.244. The van der Waals surface area contributed by atoms with Crippen molar-refractivity contribution in [2.24, 2.45) is 0 Å². The van der Waals surface area contributed by atoms with Crippen LogP contribution in [0.5, 0.6) is 5.75 Å². The SMILES string of the molecule is CC(C)(C)Oc1ccc(Cc2[nH]c(-c3ccccc3)c3c(=O)c4ccccc4oc23)cc1. The smallest absolute Gasteiger partial charge is 0.202 e. The zero-order valence-corrected chi connectivity index (χ0v) is 18.4. The minimum Gasteiger partial charge on any atom is -0.488 e. The van der Waals surface area contributed by atoms with E-state index in [-0.39, 0.29) is 11.0 Å². The van der Waals surface area contributed by atoms with E-state index >= 15 is 0 Å². The molecule has 0 aliphatic carbocycles. The molecule has 4 nitrogen and oxygen atoms in total. The quantitative estimate of drug-likeness (QED) is 0.349. The molecule has 0 spiro atoms. The van der Waals surface area contributed by atoms with Crippen molar-refractivity contribution >= 4 is 21.9 Å². The second-order valence-electron chi connectivity index (χ2n) is 9.01. The molecule has 0 fully saturated rings. The van der Waals surface area contributed by atoms with Gasteiger partial charge in [0.05, 0.1) is 22.2 Å². The van der Waals surface area contributed by atoms with Gasteiger partial charge in [0, 0.05) is 6.42 Å². The summed E-state index contributed by atoms with van der Waals surface area (Å²) in [5.41, 5.74) is 4.68. The van der Waals surface area contributed by atoms with E-state index in [1.54, 1.807) is 0 Å². The van der Waals surface area contributed by atoms with Gasteiger partial charge < -0.3 is 14.1 Å². The third-order valence-corrected chi connectivity index (χ3v) is 5.39. The molecule has 0 aliphatic rings. The molecule has 5 rings (SSSR count). The van der Waals surface area contributed by atoms with Crippen LogP contribution < -0.4 is 10.2 Å². The lowest BCUT2D eigenvalue weighted by Crippen LogP contribution is -2.22. The first-order valence-corrected chi connectivity index (χ1v) is 10.8. The lowest BCUT2D eigenvalue weighted by molar-refractivity contribution is 0.131. The molecule has 1 N–H and O–H groups in total. The molecular formula is C28H25NO3. The number of aromatic nitrogens is 1. The van der Waals surface area contributed by atoms with Crippen LogP contribution in [-0.2, 0) is 6.42 Å². The Labute approximate surface area is 186 Å². The van der Waals surface area contributed by atoms with Gasteiger partial charge in [0.2, 0.25) is 5.43 Å². The summed E-state index contributed by atoms with van der Waals surface area (Å²) in [6.45, 7) is 6.09. The number of aromatic amines is 1. The lowest BCUT2D eigenvalue weighted by atomic mass is 10.1. The molecule has 5 aromatic rings. The van der Waals surface area contributed by atoms with Gasteiger partial charge >= 0.3 is 0 Å². The van der Waals surface area contributed by atoms with Crippen molar-refractivity contribution in [1.82, 2.24) is 4.98 Å². The highest BCUT2D eigenvalue weighted by molar-refractivity contribution is 5.99. The molecule has 0 amide bonds. The predicted molar refractivity (Wildman–Crippen MR) is 129 cm³/mol. The minimum absolute atomic E-state index is 0.0165. The van der Waals surface area contributed by atoms with Crippen LogP contribution in [0.25, 0.3) is 33.2 Å². The number of rotatable bonds is 4. The third kappa shape index (κ3) is 3.80. The molecule has 3 aromatic carbocycles. The summed E-state index contributed by atoms with van der Waals surface area (Å²) in [7, 11) is 0. The molecule has 0 unspecified atom stereocenters. The first kappa shape index (κ1) is 20.1. The van der Waals surface area contributed by atoms with Crippen molar-refractivity contribution in [1.29, 1.82) is 0 Å². The van der Waals surface area contributed by atoms with Crippen molar-refractivity contribution in [2.75, 3.05) is 0 Å². The van der Waals surface area contributed by atoms with E-state index in [2.05, 4.69) is 17.1 Å². The average Bonchev–Trinajstić information content (AvgIpc) is 3.13. The van der Waals surface area contributed by atoms with E-state index in [1.807, 2.05) is 87.5 Å². The maximum absolute atomic E-state index is 13.4. The summed E-state index contributed by atoms with van der Waals surface area (Å²) >= 11 is 0. The van der Waals surface area contributed by atoms with E-state index in [0.717, 1.165) is 28.3 Å². The van der Waals surface area contributed by atoms with E-state index in [4.69, 9.17) is 9.15 Å². The summed E-state index contributed by atoms with van der Waals surface area (Å²) in [5, 5.41) is 1.18. The van der Waals surface area contributed by atoms with Gasteiger partial charge in [-0.25, -0.2) is 0 Å². The van der Waals surface area contributed by atoms with E-state index in [9.17, 15) is 4.79 Å². The predicted octanol–water partition coefficient (Wildman–Crippen LogP) is 6.71. The van der Waals surface area contributed by atoms with Gasteiger partial charge in [-0.2, -0.15) is 0 Å². The van der Waals surface area contributed by atoms with Crippen molar-refractivity contribution in [3.05, 3.63) is 100 Å². The highest BCUT2D eigenvalue weighted by atomic mass is 16.5. The van der Waals surface area contributed by atoms with Crippen LogP contribution in [-0.4, -0.2) is 10.6 Å². The molecule has 0 atom stereocenters. The Hall–Kier alpha value is -3.79. The third-order valence-electron chi connectivity index (χ3n) is 5.39. The van der Waals surface area contributed by atoms with E-state index in [1.165, 1.54) is 0 Å². The summed E-state index contributed by atoms with van der Waals surface area (Å²) in [4.78, 5) is 16.9. The topological polar surface area (TPSA) is 55.2 Å². The van der Waals surface area contributed by atoms with Crippen LogP contribution in [0.4, 0.5) is 0 Å². The second-order valence-corrected chi connectivity index (χ2v) is 9.01. The van der Waals surface area contributed by atoms with Gasteiger partial charge in [0.15, 0.2) is 5.58 Å². The number of H-pyrrole nitrogens is 1. The lowest BCUT2D eigenvalue weighted by Gasteiger charge is -2.21. The fourth-order valence-corrected chi connectivity index (χ4v) is 4.03. The Morgan fingerprint density at radius 2 is 1.56 bits per heavy atom. The Kier molecular flexibility index (Phi) is 4.86. The van der Waals surface area contributed by atoms with Crippen molar-refractivity contribution in [2.45, 2.75) is 32.8 Å². The van der Waals surface area contributed by atoms with Gasteiger partial charge in [-0.3, -0.25) is 4.79 Å². The maximum atomic E-state index is 13.4. The first-order chi connectivity index (χ1) is 15.4. The maximum Gasteiger partial charge on any atom is 0.202 e. The second kappa shape index (κ2) is 7.72. The van der Waals surface area contributed by atoms with Gasteiger partial charge in [-0.1, -0.05) is 54.6 Å². The van der Waals surface area contributed by atoms with Crippen LogP contribution in [0, 0.1) is 0 Å². The molecule has 160 valence electrons. The molecule has 4 heteroatoms. The van der Waals surface area contributed by atoms with Gasteiger partial charge in [0.1, 0.15) is 16.9 Å². The number of ether oxygens (including phenoxy) is 1. The fraction of sp³-hybridized carbons (Fsp3) is 0.179. The van der Waals surface area contributed by atoms with Gasteiger partial charge in [0.25, 0.3) is 0 Å². The highest BCUT2D eigenvalue weighted by Gasteiger charge is 2.20. The molecule has 2 heterocycles. The molecule has 0 aliphatic heterocycles. The zero-order chi connectivity index (χ0) is 22.3. The number of nitrogens with one attached hydrogen (secondary N) is 1. The molecule has 0 saturated heterocycles. The molecule has 0 bridgehead atoms. The molecule has 0 saturated carbocycles. The number of hydrogen-bond acceptors (Lipinski definition) is 3. The van der Waals surface area contributed by atoms with Gasteiger partial charge in [-0.05, 0) is 56.2 Å². The number of hydrogen-bond donors (Lipinski definition) is 1. The molecule has 0 radical (unpaired) electrons. The number of fused-ring (bicyclic) bond motifs is 2. The monoisotopic (exact) mass is 423 g/mol. The van der Waals surface area contributed by atoms with Gasteiger partial charge in [-0.15, -0.1) is 0 Å². The molecule has 2 aromatic heterocycles. The molecule has 32 heavy (non-hydrogen) atoms. The van der Waals surface area contributed by atoms with Crippen LogP contribution in [0.15, 0.2) is 88.1 Å². The van der Waals surface area contributed by atoms with Crippen LogP contribution in [0.3, 0.4) is 0 Å². The van der Waals surface area contributed by atoms with Crippen molar-refractivity contribution in [3.63, 3.8) is 0 Å². The highest BCUT2D eigenvalue weighted by Crippen LogP contribution is 2.32. The average molecular weight is 424 g/mol. The first-order valence-electron chi connectivity index (χ1n) is 10.8. The Bertz CT molecular complexity index is 1450. The van der Waals surface area contributed by atoms with E-state index < -0.39 is 0 Å². The standard InChI is InChI=1S/C28H25NO3/c1-28(2,3)32-20-15-13-18(14-16-20)17-22-27-24(25(29-22)19-9-5-4-6-10-19)26(30)21-11-7-8-12-23(21)31-27/h4-16,29H,17H2,1-3H3. The van der Waals surface area contributed by atoms with Crippen LogP contribution >= 0.6 is 0 Å². The fourth-order valence-electron chi connectivity index (χ4n) is 4.03. The van der Waals surface area contributed by atoms with Crippen LogP contribution in [0.2, 0.25) is 0 Å². The van der Waals surface area contributed by atoms with Crippen LogP contribution in [0.1, 0.15) is 32.0 Å². The van der Waals surface area contributed by atoms with Crippen molar-refractivity contribution < 1.29 is 9.15 Å². The molecular weight excluding hydrogens is 398 g/mol. The Morgan fingerprint density at radius 3 is 2.28 bits per heavy atom. The Morgan fingerprint density at radius 1 is 0.875 bits per heavy atom. The summed E-state index contributed by atoms with van der Waals surface area (Å²) in [5.74, 6) is 0.833.